The van der Waals surface area contributed by atoms with Gasteiger partial charge in [-0.15, -0.1) is 0 Å². The van der Waals surface area contributed by atoms with E-state index in [1.54, 1.807) is 7.11 Å². The van der Waals surface area contributed by atoms with Gasteiger partial charge in [0.05, 0.1) is 19.6 Å². The van der Waals surface area contributed by atoms with Crippen molar-refractivity contribution < 1.29 is 14.1 Å². The molecule has 0 saturated heterocycles. The summed E-state index contributed by atoms with van der Waals surface area (Å²) in [5, 5.41) is 6.91. The van der Waals surface area contributed by atoms with Crippen LogP contribution >= 0.6 is 0 Å². The second kappa shape index (κ2) is 10.2. The molecule has 1 aliphatic rings. The van der Waals surface area contributed by atoms with Crippen molar-refractivity contribution in [3.05, 3.63) is 47.1 Å². The summed E-state index contributed by atoms with van der Waals surface area (Å²) in [6.45, 7) is 3.49. The predicted octanol–water partition coefficient (Wildman–Crippen LogP) is 3.61. The van der Waals surface area contributed by atoms with Crippen LogP contribution in [0.1, 0.15) is 54.9 Å². The van der Waals surface area contributed by atoms with E-state index in [4.69, 9.17) is 9.26 Å². The maximum Gasteiger partial charge on any atom is 0.318 e. The van der Waals surface area contributed by atoms with Gasteiger partial charge in [-0.05, 0) is 30.9 Å². The van der Waals surface area contributed by atoms with Gasteiger partial charge in [0.1, 0.15) is 0 Å². The van der Waals surface area contributed by atoms with Crippen molar-refractivity contribution in [3.63, 3.8) is 0 Å². The Kier molecular flexibility index (Phi) is 7.42. The highest BCUT2D eigenvalue weighted by Gasteiger charge is 2.26. The number of carbonyl (C=O) groups excluding carboxylic acids is 1. The molecule has 2 amide bonds. The predicted molar refractivity (Wildman–Crippen MR) is 106 cm³/mol. The first-order chi connectivity index (χ1) is 13.7. The average Bonchev–Trinajstić information content (AvgIpc) is 3.18. The van der Waals surface area contributed by atoms with Gasteiger partial charge >= 0.3 is 6.03 Å². The average molecular weight is 386 g/mol. The van der Waals surface area contributed by atoms with Crippen LogP contribution in [0.2, 0.25) is 0 Å². The number of urea groups is 1. The molecule has 7 heteroatoms. The molecule has 1 fully saturated rings. The third-order valence-electron chi connectivity index (χ3n) is 5.31. The number of hydrogen-bond acceptors (Lipinski definition) is 5. The number of amides is 2. The molecule has 3 rings (SSSR count). The van der Waals surface area contributed by atoms with Crippen LogP contribution in [0, 0.1) is 6.92 Å². The molecule has 7 nitrogen and oxygen atoms in total. The van der Waals surface area contributed by atoms with Gasteiger partial charge in [0.15, 0.2) is 5.82 Å². The summed E-state index contributed by atoms with van der Waals surface area (Å²) in [5.41, 5.74) is 2.39. The minimum Gasteiger partial charge on any atom is -0.384 e. The Bertz CT molecular complexity index is 756. The number of ether oxygens (including phenoxy) is 1. The highest BCUT2D eigenvalue weighted by Crippen LogP contribution is 2.25. The third-order valence-corrected chi connectivity index (χ3v) is 5.31. The van der Waals surface area contributed by atoms with E-state index in [0.717, 1.165) is 12.8 Å². The van der Waals surface area contributed by atoms with Gasteiger partial charge in [-0.1, -0.05) is 48.7 Å². The first kappa shape index (κ1) is 20.3. The Morgan fingerprint density at radius 1 is 1.29 bits per heavy atom. The van der Waals surface area contributed by atoms with E-state index in [1.807, 2.05) is 17.0 Å². The Morgan fingerprint density at radius 2 is 2.07 bits per heavy atom. The number of aromatic nitrogens is 2. The molecular weight excluding hydrogens is 356 g/mol. The zero-order valence-electron chi connectivity index (χ0n) is 16.8. The Morgan fingerprint density at radius 3 is 2.82 bits per heavy atom. The van der Waals surface area contributed by atoms with Gasteiger partial charge in [-0.2, -0.15) is 4.98 Å². The first-order valence-electron chi connectivity index (χ1n) is 10.1. The number of hydrogen-bond donors (Lipinski definition) is 1. The minimum absolute atomic E-state index is 0.0709. The molecule has 0 aliphatic heterocycles. The molecule has 0 atom stereocenters. The molecule has 0 spiro atoms. The minimum atomic E-state index is -0.0709. The highest BCUT2D eigenvalue weighted by molar-refractivity contribution is 5.74. The lowest BCUT2D eigenvalue weighted by molar-refractivity contribution is 0.150. The molecule has 1 saturated carbocycles. The van der Waals surface area contributed by atoms with Crippen LogP contribution in [0.25, 0.3) is 0 Å². The van der Waals surface area contributed by atoms with Crippen molar-refractivity contribution in [2.75, 3.05) is 13.7 Å². The molecule has 152 valence electrons. The molecular formula is C21H30N4O3. The Labute approximate surface area is 166 Å². The van der Waals surface area contributed by atoms with Gasteiger partial charge < -0.3 is 19.5 Å². The summed E-state index contributed by atoms with van der Waals surface area (Å²) < 4.78 is 10.2. The highest BCUT2D eigenvalue weighted by atomic mass is 16.5. The van der Waals surface area contributed by atoms with Crippen LogP contribution in [-0.4, -0.2) is 40.8 Å². The van der Waals surface area contributed by atoms with E-state index >= 15 is 0 Å². The normalized spacial score (nSPS) is 14.8. The molecule has 0 bridgehead atoms. The Hall–Kier alpha value is -2.41. The van der Waals surface area contributed by atoms with Crippen molar-refractivity contribution in [2.45, 2.75) is 64.6 Å². The fourth-order valence-corrected chi connectivity index (χ4v) is 3.64. The topological polar surface area (TPSA) is 80.5 Å². The largest absolute Gasteiger partial charge is 0.384 e. The zero-order valence-corrected chi connectivity index (χ0v) is 16.8. The SMILES string of the molecule is COCCc1nc(CNC(=O)N(Cc2ccccc2C)C2CCCCC2)no1. The monoisotopic (exact) mass is 386 g/mol. The second-order valence-electron chi connectivity index (χ2n) is 7.35. The van der Waals surface area contributed by atoms with Crippen molar-refractivity contribution in [2.24, 2.45) is 0 Å². The quantitative estimate of drug-likeness (QED) is 0.750. The van der Waals surface area contributed by atoms with Crippen LogP contribution in [0.3, 0.4) is 0 Å². The molecule has 28 heavy (non-hydrogen) atoms. The van der Waals surface area contributed by atoms with Gasteiger partial charge in [0, 0.05) is 19.7 Å². The lowest BCUT2D eigenvalue weighted by atomic mass is 9.93. The standard InChI is InChI=1S/C21H30N4O3/c1-16-8-6-7-9-17(16)15-25(18-10-4-3-5-11-18)21(26)22-14-19-23-20(28-24-19)12-13-27-2/h6-9,18H,3-5,10-15H2,1-2H3,(H,22,26). The van der Waals surface area contributed by atoms with Crippen LogP contribution in [0.4, 0.5) is 4.79 Å². The molecule has 1 aliphatic carbocycles. The lowest BCUT2D eigenvalue weighted by Gasteiger charge is -2.34. The molecule has 1 N–H and O–H groups in total. The maximum absolute atomic E-state index is 13.0. The molecule has 1 heterocycles. The van der Waals surface area contributed by atoms with Crippen molar-refractivity contribution >= 4 is 6.03 Å². The lowest BCUT2D eigenvalue weighted by Crippen LogP contribution is -2.46. The fraction of sp³-hybridized carbons (Fsp3) is 0.571. The number of carbonyl (C=O) groups is 1. The zero-order chi connectivity index (χ0) is 19.8. The van der Waals surface area contributed by atoms with Gasteiger partial charge in [-0.3, -0.25) is 0 Å². The van der Waals surface area contributed by atoms with E-state index in [2.05, 4.69) is 34.5 Å². The summed E-state index contributed by atoms with van der Waals surface area (Å²) in [6, 6.07) is 8.45. The summed E-state index contributed by atoms with van der Waals surface area (Å²) in [7, 11) is 1.63. The van der Waals surface area contributed by atoms with E-state index in [9.17, 15) is 4.79 Å². The molecule has 1 aromatic heterocycles. The molecule has 0 radical (unpaired) electrons. The Balaban J connectivity index is 1.64. The van der Waals surface area contributed by atoms with E-state index in [1.165, 1.54) is 30.4 Å². The van der Waals surface area contributed by atoms with E-state index in [-0.39, 0.29) is 18.6 Å². The van der Waals surface area contributed by atoms with Crippen LogP contribution < -0.4 is 5.32 Å². The van der Waals surface area contributed by atoms with Gasteiger partial charge in [0.2, 0.25) is 5.89 Å². The molecule has 2 aromatic rings. The second-order valence-corrected chi connectivity index (χ2v) is 7.35. The number of benzene rings is 1. The van der Waals surface area contributed by atoms with Crippen molar-refractivity contribution in [1.82, 2.24) is 20.4 Å². The number of methoxy groups -OCH3 is 1. The first-order valence-corrected chi connectivity index (χ1v) is 10.1. The number of nitrogens with one attached hydrogen (secondary N) is 1. The van der Waals surface area contributed by atoms with Crippen LogP contribution in [0.5, 0.6) is 0 Å². The van der Waals surface area contributed by atoms with Crippen molar-refractivity contribution in [1.29, 1.82) is 0 Å². The smallest absolute Gasteiger partial charge is 0.318 e. The van der Waals surface area contributed by atoms with Gasteiger partial charge in [0.25, 0.3) is 0 Å². The van der Waals surface area contributed by atoms with E-state index < -0.39 is 0 Å². The summed E-state index contributed by atoms with van der Waals surface area (Å²) in [4.78, 5) is 19.3. The molecule has 0 unspecified atom stereocenters. The van der Waals surface area contributed by atoms with Crippen molar-refractivity contribution in [3.8, 4) is 0 Å². The summed E-state index contributed by atoms with van der Waals surface area (Å²) >= 11 is 0. The van der Waals surface area contributed by atoms with Gasteiger partial charge in [-0.25, -0.2) is 4.79 Å². The summed E-state index contributed by atoms with van der Waals surface area (Å²) in [5.74, 6) is 1.01. The third kappa shape index (κ3) is 5.55. The molecule has 1 aromatic carbocycles. The summed E-state index contributed by atoms with van der Waals surface area (Å²) in [6.07, 6.45) is 6.29. The number of aryl methyl sites for hydroxylation is 1. The van der Waals surface area contributed by atoms with E-state index in [0.29, 0.717) is 31.3 Å². The van der Waals surface area contributed by atoms with Crippen LogP contribution in [-0.2, 0) is 24.2 Å². The number of rotatable bonds is 8. The fourth-order valence-electron chi connectivity index (χ4n) is 3.64. The maximum atomic E-state index is 13.0. The number of nitrogens with zero attached hydrogens (tertiary/aromatic N) is 3. The van der Waals surface area contributed by atoms with Crippen LogP contribution in [0.15, 0.2) is 28.8 Å².